The Labute approximate surface area is 126 Å². The molecule has 2 aliphatic rings. The lowest BCUT2D eigenvalue weighted by Crippen LogP contribution is -2.48. The van der Waals surface area contributed by atoms with Crippen molar-refractivity contribution in [2.75, 3.05) is 33.2 Å². The van der Waals surface area contributed by atoms with Crippen molar-refractivity contribution in [2.45, 2.75) is 31.2 Å². The standard InChI is InChI=1S/C17H25N3O/c1-13(16(21)20-11-9-19(2)10-12-20)14-3-5-15(6-4-14)17(18)7-8-17/h3-6,13H,7-12,18H2,1-2H3. The summed E-state index contributed by atoms with van der Waals surface area (Å²) in [5.41, 5.74) is 8.40. The van der Waals surface area contributed by atoms with Crippen LogP contribution < -0.4 is 5.73 Å². The van der Waals surface area contributed by atoms with E-state index < -0.39 is 0 Å². The Morgan fingerprint density at radius 2 is 1.71 bits per heavy atom. The number of nitrogens with two attached hydrogens (primary N) is 1. The molecule has 1 heterocycles. The van der Waals surface area contributed by atoms with Crippen LogP contribution in [0.2, 0.25) is 0 Å². The molecular weight excluding hydrogens is 262 g/mol. The first-order valence-electron chi connectivity index (χ1n) is 7.86. The molecule has 1 unspecified atom stereocenters. The zero-order valence-corrected chi connectivity index (χ0v) is 13.0. The Morgan fingerprint density at radius 3 is 2.24 bits per heavy atom. The van der Waals surface area contributed by atoms with Crippen molar-refractivity contribution in [3.8, 4) is 0 Å². The van der Waals surface area contributed by atoms with Crippen molar-refractivity contribution in [1.29, 1.82) is 0 Å². The minimum atomic E-state index is -0.0940. The van der Waals surface area contributed by atoms with Gasteiger partial charge in [0.2, 0.25) is 5.91 Å². The number of likely N-dealkylation sites (N-methyl/N-ethyl adjacent to an activating group) is 1. The molecule has 1 amide bonds. The normalized spacial score (nSPS) is 22.9. The Morgan fingerprint density at radius 1 is 1.14 bits per heavy atom. The van der Waals surface area contributed by atoms with Crippen LogP contribution in [0.4, 0.5) is 0 Å². The fraction of sp³-hybridized carbons (Fsp3) is 0.588. The van der Waals surface area contributed by atoms with Crippen LogP contribution in [0.3, 0.4) is 0 Å². The molecule has 21 heavy (non-hydrogen) atoms. The number of hydrogen-bond donors (Lipinski definition) is 1. The molecule has 0 spiro atoms. The molecule has 0 radical (unpaired) electrons. The number of carbonyl (C=O) groups excluding carboxylic acids is 1. The highest BCUT2D eigenvalue weighted by atomic mass is 16.2. The molecule has 1 atom stereocenters. The average Bonchev–Trinajstić information content (AvgIpc) is 3.26. The SMILES string of the molecule is CC(C(=O)N1CCN(C)CC1)c1ccc(C2(N)CC2)cc1. The maximum Gasteiger partial charge on any atom is 0.229 e. The van der Waals surface area contributed by atoms with Gasteiger partial charge in [-0.15, -0.1) is 0 Å². The van der Waals surface area contributed by atoms with Gasteiger partial charge in [0.1, 0.15) is 0 Å². The van der Waals surface area contributed by atoms with Crippen LogP contribution >= 0.6 is 0 Å². The molecule has 0 bridgehead atoms. The summed E-state index contributed by atoms with van der Waals surface area (Å²) < 4.78 is 0. The highest BCUT2D eigenvalue weighted by Gasteiger charge is 2.39. The molecule has 1 saturated carbocycles. The fourth-order valence-corrected chi connectivity index (χ4v) is 2.97. The third-order valence-corrected chi connectivity index (χ3v) is 4.96. The van der Waals surface area contributed by atoms with E-state index in [9.17, 15) is 4.79 Å². The summed E-state index contributed by atoms with van der Waals surface area (Å²) in [6.45, 7) is 5.61. The Balaban J connectivity index is 1.66. The van der Waals surface area contributed by atoms with Gasteiger partial charge in [-0.25, -0.2) is 0 Å². The number of piperazine rings is 1. The predicted octanol–water partition coefficient (Wildman–Crippen LogP) is 1.51. The quantitative estimate of drug-likeness (QED) is 0.917. The first kappa shape index (κ1) is 14.5. The van der Waals surface area contributed by atoms with E-state index in [-0.39, 0.29) is 17.4 Å². The molecule has 114 valence electrons. The van der Waals surface area contributed by atoms with E-state index in [2.05, 4.69) is 36.2 Å². The van der Waals surface area contributed by atoms with Crippen LogP contribution in [0.15, 0.2) is 24.3 Å². The van der Waals surface area contributed by atoms with Crippen LogP contribution in [-0.4, -0.2) is 48.9 Å². The summed E-state index contributed by atoms with van der Waals surface area (Å²) in [7, 11) is 2.10. The molecular formula is C17H25N3O. The third kappa shape index (κ3) is 2.97. The van der Waals surface area contributed by atoms with Crippen LogP contribution in [0.25, 0.3) is 0 Å². The minimum absolute atomic E-state index is 0.0737. The van der Waals surface area contributed by atoms with Gasteiger partial charge in [-0.1, -0.05) is 24.3 Å². The second-order valence-corrected chi connectivity index (χ2v) is 6.63. The zero-order valence-electron chi connectivity index (χ0n) is 13.0. The minimum Gasteiger partial charge on any atom is -0.340 e. The number of hydrogen-bond acceptors (Lipinski definition) is 3. The predicted molar refractivity (Wildman–Crippen MR) is 84.0 cm³/mol. The van der Waals surface area contributed by atoms with E-state index in [1.54, 1.807) is 0 Å². The molecule has 1 aromatic rings. The summed E-state index contributed by atoms with van der Waals surface area (Å²) in [4.78, 5) is 16.8. The van der Waals surface area contributed by atoms with Crippen LogP contribution in [0.5, 0.6) is 0 Å². The van der Waals surface area contributed by atoms with Gasteiger partial charge < -0.3 is 15.5 Å². The number of nitrogens with zero attached hydrogens (tertiary/aromatic N) is 2. The highest BCUT2D eigenvalue weighted by Crippen LogP contribution is 2.42. The zero-order chi connectivity index (χ0) is 15.0. The topological polar surface area (TPSA) is 49.6 Å². The fourth-order valence-electron chi connectivity index (χ4n) is 2.97. The van der Waals surface area contributed by atoms with E-state index in [0.29, 0.717) is 0 Å². The molecule has 3 rings (SSSR count). The lowest BCUT2D eigenvalue weighted by molar-refractivity contribution is -0.134. The van der Waals surface area contributed by atoms with Gasteiger partial charge in [0, 0.05) is 31.7 Å². The molecule has 2 fully saturated rings. The van der Waals surface area contributed by atoms with Gasteiger partial charge >= 0.3 is 0 Å². The van der Waals surface area contributed by atoms with Gasteiger partial charge in [-0.05, 0) is 37.9 Å². The number of carbonyl (C=O) groups is 1. The molecule has 1 aliphatic heterocycles. The summed E-state index contributed by atoms with van der Waals surface area (Å²) in [5.74, 6) is 0.167. The van der Waals surface area contributed by atoms with Crippen molar-refractivity contribution >= 4 is 5.91 Å². The molecule has 2 N–H and O–H groups in total. The molecule has 4 nitrogen and oxygen atoms in total. The maximum atomic E-state index is 12.6. The van der Waals surface area contributed by atoms with E-state index in [4.69, 9.17) is 5.73 Å². The lowest BCUT2D eigenvalue weighted by Gasteiger charge is -2.34. The van der Waals surface area contributed by atoms with E-state index >= 15 is 0 Å². The van der Waals surface area contributed by atoms with Gasteiger partial charge in [-0.3, -0.25) is 4.79 Å². The van der Waals surface area contributed by atoms with Crippen LogP contribution in [0.1, 0.15) is 36.8 Å². The summed E-state index contributed by atoms with van der Waals surface area (Å²) in [6, 6.07) is 8.33. The van der Waals surface area contributed by atoms with Crippen molar-refractivity contribution in [2.24, 2.45) is 5.73 Å². The largest absolute Gasteiger partial charge is 0.340 e. The second-order valence-electron chi connectivity index (χ2n) is 6.63. The lowest BCUT2D eigenvalue weighted by atomic mass is 9.96. The molecule has 0 aromatic heterocycles. The van der Waals surface area contributed by atoms with Crippen molar-refractivity contribution in [1.82, 2.24) is 9.80 Å². The number of amides is 1. The summed E-state index contributed by atoms with van der Waals surface area (Å²) >= 11 is 0. The van der Waals surface area contributed by atoms with Crippen molar-refractivity contribution in [3.05, 3.63) is 35.4 Å². The van der Waals surface area contributed by atoms with E-state index in [1.807, 2.05) is 11.8 Å². The van der Waals surface area contributed by atoms with E-state index in [1.165, 1.54) is 5.56 Å². The maximum absolute atomic E-state index is 12.6. The Bertz CT molecular complexity index is 513. The summed E-state index contributed by atoms with van der Waals surface area (Å²) in [6.07, 6.45) is 2.14. The van der Waals surface area contributed by atoms with Gasteiger partial charge in [0.25, 0.3) is 0 Å². The van der Waals surface area contributed by atoms with Crippen molar-refractivity contribution < 1.29 is 4.79 Å². The van der Waals surface area contributed by atoms with Gasteiger partial charge in [-0.2, -0.15) is 0 Å². The number of rotatable bonds is 3. The van der Waals surface area contributed by atoms with Gasteiger partial charge in [0.05, 0.1) is 5.92 Å². The summed E-state index contributed by atoms with van der Waals surface area (Å²) in [5, 5.41) is 0. The first-order valence-corrected chi connectivity index (χ1v) is 7.86. The second kappa shape index (κ2) is 5.43. The van der Waals surface area contributed by atoms with Crippen molar-refractivity contribution in [3.63, 3.8) is 0 Å². The Kier molecular flexibility index (Phi) is 3.76. The average molecular weight is 287 g/mol. The van der Waals surface area contributed by atoms with Gasteiger partial charge in [0.15, 0.2) is 0 Å². The molecule has 4 heteroatoms. The molecule has 1 aliphatic carbocycles. The third-order valence-electron chi connectivity index (χ3n) is 4.96. The number of benzene rings is 1. The Hall–Kier alpha value is -1.39. The molecule has 1 saturated heterocycles. The molecule has 1 aromatic carbocycles. The first-order chi connectivity index (χ1) is 9.99. The van der Waals surface area contributed by atoms with Crippen LogP contribution in [-0.2, 0) is 10.3 Å². The monoisotopic (exact) mass is 287 g/mol. The highest BCUT2D eigenvalue weighted by molar-refractivity contribution is 5.83. The smallest absolute Gasteiger partial charge is 0.229 e. The van der Waals surface area contributed by atoms with E-state index in [0.717, 1.165) is 44.6 Å². The van der Waals surface area contributed by atoms with Crippen LogP contribution in [0, 0.1) is 0 Å².